The van der Waals surface area contributed by atoms with Crippen LogP contribution < -0.4 is 0 Å². The van der Waals surface area contributed by atoms with E-state index in [1.54, 1.807) is 0 Å². The van der Waals surface area contributed by atoms with E-state index in [-0.39, 0.29) is 0 Å². The first-order valence-corrected chi connectivity index (χ1v) is 14.1. The molecule has 0 aliphatic carbocycles. The third-order valence-electron chi connectivity index (χ3n) is 1.28. The average molecular weight is 411 g/mol. The molecule has 0 fully saturated rings. The zero-order valence-corrected chi connectivity index (χ0v) is 12.6. The maximum absolute atomic E-state index is 5.58. The summed E-state index contributed by atoms with van der Waals surface area (Å²) in [5.74, 6) is 0. The number of hydrogen-bond donors (Lipinski definition) is 0. The van der Waals surface area contributed by atoms with Gasteiger partial charge in [-0.05, 0) is 0 Å². The van der Waals surface area contributed by atoms with Gasteiger partial charge in [-0.15, -0.1) is 0 Å². The quantitative estimate of drug-likeness (QED) is 0.563. The van der Waals surface area contributed by atoms with Gasteiger partial charge in [0.25, 0.3) is 0 Å². The molecule has 4 nitrogen and oxygen atoms in total. The van der Waals surface area contributed by atoms with Crippen LogP contribution in [-0.2, 0) is 9.67 Å². The molecule has 0 atom stereocenters. The summed E-state index contributed by atoms with van der Waals surface area (Å²) in [6.45, 7) is 0.641. The molecule has 0 spiro atoms. The van der Waals surface area contributed by atoms with Crippen LogP contribution in [0.5, 0.6) is 0 Å². The van der Waals surface area contributed by atoms with E-state index >= 15 is 0 Å². The molecular weight excluding hydrogens is 396 g/mol. The van der Waals surface area contributed by atoms with E-state index in [1.165, 1.54) is 0 Å². The Kier molecular flexibility index (Phi) is 4.87. The van der Waals surface area contributed by atoms with Crippen molar-refractivity contribution in [3.05, 3.63) is 11.9 Å². The Balaban J connectivity index is 2.49. The molecule has 0 unspecified atom stereocenters. The number of alkyl halides is 4. The first-order chi connectivity index (χ1) is 6.09. The second kappa shape index (κ2) is 5.44. The van der Waals surface area contributed by atoms with Gasteiger partial charge >= 0.3 is 94.8 Å². The molecule has 1 aromatic rings. The molecule has 1 heterocycles. The Labute approximate surface area is 94.1 Å². The Morgan fingerprint density at radius 1 is 1.38 bits per heavy atom. The van der Waals surface area contributed by atoms with Gasteiger partial charge in [-0.25, -0.2) is 0 Å². The summed E-state index contributed by atoms with van der Waals surface area (Å²) < 4.78 is 7.59. The summed E-state index contributed by atoms with van der Waals surface area (Å²) in [5, 5.41) is 8.13. The van der Waals surface area contributed by atoms with Crippen molar-refractivity contribution in [1.29, 1.82) is 0 Å². The summed E-state index contributed by atoms with van der Waals surface area (Å²) in [7, 11) is 0. The predicted molar refractivity (Wildman–Crippen MR) is 71.9 cm³/mol. The fraction of sp³-hybridized carbons (Fsp3) is 0.714. The van der Waals surface area contributed by atoms with Crippen molar-refractivity contribution in [2.45, 2.75) is 6.61 Å². The monoisotopic (exact) mass is 411 g/mol. The van der Waals surface area contributed by atoms with Crippen molar-refractivity contribution in [2.24, 2.45) is 0 Å². The summed E-state index contributed by atoms with van der Waals surface area (Å²) >= 11 is -2.08. The minimum atomic E-state index is -1.07. The molecule has 0 saturated carbocycles. The van der Waals surface area contributed by atoms with E-state index in [0.29, 0.717) is 6.61 Å². The zero-order valence-electron chi connectivity index (χ0n) is 8.29. The van der Waals surface area contributed by atoms with Crippen molar-refractivity contribution in [1.82, 2.24) is 13.2 Å². The first-order valence-electron chi connectivity index (χ1n) is 3.65. The molecule has 0 aliphatic rings. The standard InChI is InChI=1S/C7H15I2N3O/c1-8(2)12-5-7(10-11-12)6-13-9(3)4/h5H,6H2,1-4H3. The summed E-state index contributed by atoms with van der Waals surface area (Å²) in [4.78, 5) is 8.82. The van der Waals surface area contributed by atoms with E-state index in [0.717, 1.165) is 5.69 Å². The number of nitrogens with zero attached hydrogens (tertiary/aromatic N) is 3. The van der Waals surface area contributed by atoms with Gasteiger partial charge < -0.3 is 0 Å². The van der Waals surface area contributed by atoms with Gasteiger partial charge in [-0.3, -0.25) is 0 Å². The van der Waals surface area contributed by atoms with E-state index in [9.17, 15) is 0 Å². The molecule has 0 amide bonds. The van der Waals surface area contributed by atoms with E-state index in [2.05, 4.69) is 30.0 Å². The molecule has 6 heteroatoms. The van der Waals surface area contributed by atoms with Gasteiger partial charge in [-0.1, -0.05) is 0 Å². The van der Waals surface area contributed by atoms with Crippen molar-refractivity contribution in [3.63, 3.8) is 0 Å². The Morgan fingerprint density at radius 2 is 2.08 bits per heavy atom. The molecule has 0 aliphatic heterocycles. The molecule has 0 radical (unpaired) electrons. The van der Waals surface area contributed by atoms with Gasteiger partial charge in [0.2, 0.25) is 0 Å². The molecule has 0 saturated heterocycles. The molecule has 78 valence electrons. The molecular formula is C7H15I2N3O. The van der Waals surface area contributed by atoms with Crippen LogP contribution in [-0.4, -0.2) is 32.9 Å². The van der Waals surface area contributed by atoms with Crippen LogP contribution in [0.4, 0.5) is 0 Å². The Morgan fingerprint density at radius 3 is 2.54 bits per heavy atom. The minimum absolute atomic E-state index is 0.641. The van der Waals surface area contributed by atoms with Gasteiger partial charge in [0.05, 0.1) is 0 Å². The predicted octanol–water partition coefficient (Wildman–Crippen LogP) is 2.00. The fourth-order valence-electron chi connectivity index (χ4n) is 0.671. The van der Waals surface area contributed by atoms with Crippen LogP contribution in [0.25, 0.3) is 0 Å². The zero-order chi connectivity index (χ0) is 9.84. The van der Waals surface area contributed by atoms with Crippen LogP contribution in [0.15, 0.2) is 6.20 Å². The van der Waals surface area contributed by atoms with E-state index in [1.807, 2.05) is 9.09 Å². The van der Waals surface area contributed by atoms with Gasteiger partial charge in [0, 0.05) is 0 Å². The van der Waals surface area contributed by atoms with Gasteiger partial charge in [0.15, 0.2) is 0 Å². The number of rotatable bonds is 4. The van der Waals surface area contributed by atoms with Crippen molar-refractivity contribution in [2.75, 3.05) is 19.7 Å². The molecule has 1 aromatic heterocycles. The number of aromatic nitrogens is 3. The van der Waals surface area contributed by atoms with Crippen molar-refractivity contribution in [3.8, 4) is 0 Å². The Hall–Kier alpha value is 0.560. The molecule has 0 N–H and O–H groups in total. The Bertz CT molecular complexity index is 262. The SMILES string of the molecule is CI(C)OCc1cn(I(C)C)nn1. The maximum atomic E-state index is 5.58. The molecule has 13 heavy (non-hydrogen) atoms. The fourth-order valence-corrected chi connectivity index (χ4v) is 2.97. The van der Waals surface area contributed by atoms with E-state index in [4.69, 9.17) is 3.07 Å². The van der Waals surface area contributed by atoms with Crippen molar-refractivity contribution < 1.29 is 3.07 Å². The van der Waals surface area contributed by atoms with Crippen LogP contribution in [0.2, 0.25) is 0 Å². The van der Waals surface area contributed by atoms with Crippen LogP contribution in [0.1, 0.15) is 5.69 Å². The molecule has 0 bridgehead atoms. The van der Waals surface area contributed by atoms with Crippen molar-refractivity contribution >= 4 is 40.3 Å². The third kappa shape index (κ3) is 4.07. The van der Waals surface area contributed by atoms with Crippen LogP contribution in [0.3, 0.4) is 0 Å². The number of hydrogen-bond acceptors (Lipinski definition) is 3. The molecule has 0 aromatic carbocycles. The normalized spacial score (nSPS) is 12.9. The molecule has 1 rings (SSSR count). The summed E-state index contributed by atoms with van der Waals surface area (Å²) in [5.41, 5.74) is 0.969. The second-order valence-corrected chi connectivity index (χ2v) is 12.4. The topological polar surface area (TPSA) is 39.9 Å². The van der Waals surface area contributed by atoms with Crippen LogP contribution in [0, 0.1) is 0 Å². The second-order valence-electron chi connectivity index (χ2n) is 2.75. The van der Waals surface area contributed by atoms with E-state index < -0.39 is 40.3 Å². The van der Waals surface area contributed by atoms with Crippen LogP contribution >= 0.6 is 40.3 Å². The number of halogens is 2. The first kappa shape index (κ1) is 11.6. The van der Waals surface area contributed by atoms with Gasteiger partial charge in [-0.2, -0.15) is 0 Å². The summed E-state index contributed by atoms with van der Waals surface area (Å²) in [6.07, 6.45) is 2.02. The third-order valence-corrected chi connectivity index (χ3v) is 5.29. The summed E-state index contributed by atoms with van der Waals surface area (Å²) in [6, 6.07) is 0. The van der Waals surface area contributed by atoms with Gasteiger partial charge in [0.1, 0.15) is 0 Å². The average Bonchev–Trinajstić information content (AvgIpc) is 2.48.